The summed E-state index contributed by atoms with van der Waals surface area (Å²) in [6.45, 7) is 34.4. The maximum atomic E-state index is 2.53. The van der Waals surface area contributed by atoms with E-state index in [1.54, 1.807) is 18.0 Å². The monoisotopic (exact) mass is 783 g/mol. The SMILES string of the molecule is CCCCCCCCCCCCC1CCC([SiH](C(C)(C)C)C(C)(C)C)CC1.CCCCCCCCCCCCc1ccc([SiH](C(C)(C)C)C(C)(C)C)cc1. The number of unbranched alkanes of at least 4 members (excludes halogenated alkanes) is 18. The minimum Gasteiger partial charge on any atom is -0.0654 e. The predicted octanol–water partition coefficient (Wildman–Crippen LogP) is 17.9. The molecular weight excluding hydrogens is 681 g/mol. The van der Waals surface area contributed by atoms with Gasteiger partial charge in [-0.1, -0.05) is 280 Å². The fraction of sp³-hybridized carbons (Fsp3) is 0.885. The van der Waals surface area contributed by atoms with Crippen LogP contribution in [0.25, 0.3) is 0 Å². The van der Waals surface area contributed by atoms with Crippen molar-refractivity contribution in [2.45, 2.75) is 290 Å². The molecule has 0 saturated heterocycles. The summed E-state index contributed by atoms with van der Waals surface area (Å²) >= 11 is 0. The quantitative estimate of drug-likeness (QED) is 0.0724. The first-order valence-corrected chi connectivity index (χ1v) is 28.0. The highest BCUT2D eigenvalue weighted by Crippen LogP contribution is 2.52. The molecule has 1 aromatic rings. The summed E-state index contributed by atoms with van der Waals surface area (Å²) in [5.74, 6) is 1.06. The lowest BCUT2D eigenvalue weighted by Gasteiger charge is -2.46. The van der Waals surface area contributed by atoms with Gasteiger partial charge in [-0.3, -0.25) is 0 Å². The summed E-state index contributed by atoms with van der Waals surface area (Å²) in [7, 11) is -1.82. The number of benzene rings is 1. The van der Waals surface area contributed by atoms with Crippen molar-refractivity contribution < 1.29 is 0 Å². The van der Waals surface area contributed by atoms with Crippen LogP contribution in [0, 0.1) is 5.92 Å². The Labute approximate surface area is 346 Å². The fourth-order valence-corrected chi connectivity index (χ4v) is 23.1. The van der Waals surface area contributed by atoms with E-state index in [2.05, 4.69) is 121 Å². The van der Waals surface area contributed by atoms with Crippen LogP contribution in [0.5, 0.6) is 0 Å². The van der Waals surface area contributed by atoms with E-state index in [-0.39, 0.29) is 0 Å². The van der Waals surface area contributed by atoms with Crippen LogP contribution in [0.15, 0.2) is 24.3 Å². The Bertz CT molecular complexity index is 975. The molecule has 1 aliphatic carbocycles. The van der Waals surface area contributed by atoms with E-state index >= 15 is 0 Å². The Morgan fingerprint density at radius 3 is 1.13 bits per heavy atom. The molecule has 1 fully saturated rings. The van der Waals surface area contributed by atoms with Gasteiger partial charge in [0.05, 0.1) is 17.6 Å². The van der Waals surface area contributed by atoms with Gasteiger partial charge in [0, 0.05) is 0 Å². The van der Waals surface area contributed by atoms with Gasteiger partial charge >= 0.3 is 0 Å². The third-order valence-electron chi connectivity index (χ3n) is 13.1. The van der Waals surface area contributed by atoms with Gasteiger partial charge in [0.2, 0.25) is 0 Å². The Morgan fingerprint density at radius 1 is 0.426 bits per heavy atom. The molecule has 318 valence electrons. The van der Waals surface area contributed by atoms with Crippen LogP contribution in [0.4, 0.5) is 0 Å². The molecule has 2 rings (SSSR count). The van der Waals surface area contributed by atoms with E-state index in [0.717, 1.165) is 11.5 Å². The van der Waals surface area contributed by atoms with Gasteiger partial charge in [-0.2, -0.15) is 0 Å². The zero-order valence-electron chi connectivity index (χ0n) is 40.0. The number of hydrogen-bond acceptors (Lipinski definition) is 0. The number of rotatable bonds is 24. The van der Waals surface area contributed by atoms with E-state index < -0.39 is 17.6 Å². The second kappa shape index (κ2) is 27.4. The van der Waals surface area contributed by atoms with E-state index in [0.29, 0.717) is 20.2 Å². The van der Waals surface area contributed by atoms with Crippen molar-refractivity contribution in [2.24, 2.45) is 5.92 Å². The summed E-state index contributed by atoms with van der Waals surface area (Å²) < 4.78 is 0. The highest BCUT2D eigenvalue weighted by Gasteiger charge is 2.43. The highest BCUT2D eigenvalue weighted by molar-refractivity contribution is 6.78. The minimum atomic E-state index is -1.05. The Morgan fingerprint density at radius 2 is 0.778 bits per heavy atom. The molecule has 0 unspecified atom stereocenters. The van der Waals surface area contributed by atoms with E-state index in [9.17, 15) is 0 Å². The molecule has 0 aromatic heterocycles. The first kappa shape index (κ1) is 51.7. The van der Waals surface area contributed by atoms with Crippen molar-refractivity contribution in [1.29, 1.82) is 0 Å². The summed E-state index contributed by atoms with van der Waals surface area (Å²) in [4.78, 5) is 0. The van der Waals surface area contributed by atoms with Crippen LogP contribution in [-0.4, -0.2) is 17.6 Å². The van der Waals surface area contributed by atoms with E-state index in [4.69, 9.17) is 0 Å². The van der Waals surface area contributed by atoms with Crippen molar-refractivity contribution in [2.75, 3.05) is 0 Å². The molecule has 0 aliphatic heterocycles. The van der Waals surface area contributed by atoms with Gasteiger partial charge in [-0.15, -0.1) is 0 Å². The molecule has 0 atom stereocenters. The van der Waals surface area contributed by atoms with Crippen molar-refractivity contribution in [3.63, 3.8) is 0 Å². The molecule has 1 saturated carbocycles. The summed E-state index contributed by atoms with van der Waals surface area (Å²) in [6, 6.07) is 9.75. The molecule has 2 heteroatoms. The van der Waals surface area contributed by atoms with Gasteiger partial charge in [0.1, 0.15) is 0 Å². The molecule has 1 aliphatic rings. The summed E-state index contributed by atoms with van der Waals surface area (Å²) in [5, 5.41) is 3.65. The van der Waals surface area contributed by atoms with Crippen LogP contribution < -0.4 is 5.19 Å². The minimum absolute atomic E-state index is 0.427. The molecule has 0 spiro atoms. The molecule has 1 aromatic carbocycles. The van der Waals surface area contributed by atoms with Crippen molar-refractivity contribution in [3.8, 4) is 0 Å². The van der Waals surface area contributed by atoms with Crippen LogP contribution >= 0.6 is 0 Å². The van der Waals surface area contributed by atoms with Crippen LogP contribution in [0.1, 0.15) is 263 Å². The van der Waals surface area contributed by atoms with E-state index in [1.165, 1.54) is 160 Å². The predicted molar refractivity (Wildman–Crippen MR) is 257 cm³/mol. The van der Waals surface area contributed by atoms with Gasteiger partial charge in [-0.25, -0.2) is 0 Å². The fourth-order valence-electron chi connectivity index (χ4n) is 11.4. The molecular formula is C52H102Si2. The normalized spacial score (nSPS) is 17.3. The lowest BCUT2D eigenvalue weighted by atomic mass is 9.85. The second-order valence-electron chi connectivity index (χ2n) is 22.8. The van der Waals surface area contributed by atoms with Gasteiger partial charge < -0.3 is 0 Å². The van der Waals surface area contributed by atoms with Gasteiger partial charge in [-0.05, 0) is 50.0 Å². The van der Waals surface area contributed by atoms with Crippen molar-refractivity contribution in [1.82, 2.24) is 0 Å². The second-order valence-corrected chi connectivity index (χ2v) is 33.2. The average Bonchev–Trinajstić information content (AvgIpc) is 3.06. The number of hydrogen-bond donors (Lipinski definition) is 0. The molecule has 54 heavy (non-hydrogen) atoms. The van der Waals surface area contributed by atoms with Crippen LogP contribution in [-0.2, 0) is 6.42 Å². The standard InChI is InChI=1S/C26H54Si.C26H48Si/c2*1-8-9-10-11-12-13-14-15-16-17-18-23-19-21-24(22-20-23)27(25(2,3)4)26(5,6)7/h23-24,27H,8-22H2,1-7H3;19-22,27H,8-18H2,1-7H3. The average molecular weight is 784 g/mol. The Hall–Kier alpha value is -0.346. The molecule has 0 nitrogen and oxygen atoms in total. The molecule has 0 radical (unpaired) electrons. The van der Waals surface area contributed by atoms with E-state index in [1.807, 2.05) is 0 Å². The Balaban J connectivity index is 0.000000540. The lowest BCUT2D eigenvalue weighted by Crippen LogP contribution is -2.45. The molecule has 0 heterocycles. The van der Waals surface area contributed by atoms with Crippen LogP contribution in [0.2, 0.25) is 25.7 Å². The zero-order valence-corrected chi connectivity index (χ0v) is 42.3. The summed E-state index contributed by atoms with van der Waals surface area (Å²) in [6.07, 6.45) is 37.9. The molecule has 0 bridgehead atoms. The van der Waals surface area contributed by atoms with Crippen LogP contribution in [0.3, 0.4) is 0 Å². The lowest BCUT2D eigenvalue weighted by molar-refractivity contribution is 0.320. The first-order valence-electron chi connectivity index (χ1n) is 24.4. The zero-order chi connectivity index (χ0) is 40.7. The smallest absolute Gasteiger partial charge is 0.0654 e. The van der Waals surface area contributed by atoms with Crippen molar-refractivity contribution >= 4 is 22.8 Å². The largest absolute Gasteiger partial charge is 0.0814 e. The summed E-state index contributed by atoms with van der Waals surface area (Å²) in [5.41, 5.74) is 2.63. The third-order valence-corrected chi connectivity index (χ3v) is 22.9. The maximum Gasteiger partial charge on any atom is 0.0814 e. The third kappa shape index (κ3) is 23.2. The molecule has 0 N–H and O–H groups in total. The topological polar surface area (TPSA) is 0 Å². The maximum absolute atomic E-state index is 2.53. The van der Waals surface area contributed by atoms with Crippen molar-refractivity contribution in [3.05, 3.63) is 29.8 Å². The van der Waals surface area contributed by atoms with Gasteiger partial charge in [0.15, 0.2) is 0 Å². The highest BCUT2D eigenvalue weighted by atomic mass is 28.3. The Kier molecular flexibility index (Phi) is 26.2. The first-order chi connectivity index (χ1) is 25.3. The number of aryl methyl sites for hydroxylation is 1. The van der Waals surface area contributed by atoms with Gasteiger partial charge in [0.25, 0.3) is 0 Å². The molecule has 0 amide bonds.